The van der Waals surface area contributed by atoms with Gasteiger partial charge in [0.05, 0.1) is 0 Å². The van der Waals surface area contributed by atoms with Crippen LogP contribution in [0.3, 0.4) is 0 Å². The zero-order valence-corrected chi connectivity index (χ0v) is 17.1. The summed E-state index contributed by atoms with van der Waals surface area (Å²) in [5, 5.41) is 57.9. The normalized spacial score (nSPS) is 11.2. The second-order valence-electron chi connectivity index (χ2n) is 7.13. The Balaban J connectivity index is 1.82. The SMILES string of the molecule is O=C(/C=C/c1ccc(O)c(O)c1)Oc1c(-c2ccc(O)c(O)c2)oc2cc(O)cc(O)c2c1=O. The van der Waals surface area contributed by atoms with E-state index in [0.717, 1.165) is 30.3 Å². The van der Waals surface area contributed by atoms with E-state index in [0.29, 0.717) is 5.56 Å². The summed E-state index contributed by atoms with van der Waals surface area (Å²) in [5.41, 5.74) is -0.771. The molecule has 0 spiro atoms. The number of hydrogen-bond donors (Lipinski definition) is 6. The Morgan fingerprint density at radius 2 is 1.47 bits per heavy atom. The average Bonchev–Trinajstić information content (AvgIpc) is 2.77. The van der Waals surface area contributed by atoms with E-state index < -0.39 is 45.9 Å². The first-order valence-corrected chi connectivity index (χ1v) is 9.61. The predicted octanol–water partition coefficient (Wildman–Crippen LogP) is 3.31. The van der Waals surface area contributed by atoms with Crippen LogP contribution in [-0.2, 0) is 4.79 Å². The van der Waals surface area contributed by atoms with Gasteiger partial charge in [0, 0.05) is 23.8 Å². The van der Waals surface area contributed by atoms with Crippen molar-refractivity contribution in [2.45, 2.75) is 0 Å². The van der Waals surface area contributed by atoms with E-state index in [9.17, 15) is 40.2 Å². The summed E-state index contributed by atoms with van der Waals surface area (Å²) in [5.74, 6) is -4.71. The summed E-state index contributed by atoms with van der Waals surface area (Å²) in [7, 11) is 0. The first-order valence-electron chi connectivity index (χ1n) is 9.61. The fourth-order valence-corrected chi connectivity index (χ4v) is 3.16. The van der Waals surface area contributed by atoms with Gasteiger partial charge >= 0.3 is 5.97 Å². The van der Waals surface area contributed by atoms with Gasteiger partial charge in [-0.05, 0) is 42.0 Å². The molecule has 1 heterocycles. The molecule has 0 radical (unpaired) electrons. The van der Waals surface area contributed by atoms with Crippen molar-refractivity contribution in [1.82, 2.24) is 0 Å². The van der Waals surface area contributed by atoms with E-state index in [1.54, 1.807) is 0 Å². The summed E-state index contributed by atoms with van der Waals surface area (Å²) in [6, 6.07) is 9.28. The lowest BCUT2D eigenvalue weighted by Gasteiger charge is -2.11. The zero-order chi connectivity index (χ0) is 24.6. The van der Waals surface area contributed by atoms with Crippen LogP contribution in [0.2, 0.25) is 0 Å². The number of ether oxygens (including phenoxy) is 1. The Bertz CT molecular complexity index is 1530. The second-order valence-corrected chi connectivity index (χ2v) is 7.13. The minimum atomic E-state index is -1.03. The highest BCUT2D eigenvalue weighted by atomic mass is 16.5. The van der Waals surface area contributed by atoms with Crippen LogP contribution in [0, 0.1) is 0 Å². The second kappa shape index (κ2) is 8.43. The first kappa shape index (κ1) is 22.1. The van der Waals surface area contributed by atoms with Crippen LogP contribution in [0.4, 0.5) is 0 Å². The van der Waals surface area contributed by atoms with Gasteiger partial charge in [-0.1, -0.05) is 6.07 Å². The predicted molar refractivity (Wildman–Crippen MR) is 119 cm³/mol. The van der Waals surface area contributed by atoms with Crippen molar-refractivity contribution in [3.63, 3.8) is 0 Å². The van der Waals surface area contributed by atoms with E-state index in [-0.39, 0.29) is 28.0 Å². The quantitative estimate of drug-likeness (QED) is 0.149. The van der Waals surface area contributed by atoms with Gasteiger partial charge in [0.25, 0.3) is 0 Å². The van der Waals surface area contributed by atoms with E-state index in [2.05, 4.69) is 0 Å². The molecule has 0 amide bonds. The molecule has 4 aromatic rings. The van der Waals surface area contributed by atoms with Crippen LogP contribution >= 0.6 is 0 Å². The number of phenols is 6. The number of hydrogen-bond acceptors (Lipinski definition) is 10. The monoisotopic (exact) mass is 464 g/mol. The molecule has 0 saturated heterocycles. The molecule has 6 N–H and O–H groups in total. The minimum absolute atomic E-state index is 0.0485. The van der Waals surface area contributed by atoms with Crippen molar-refractivity contribution < 1.29 is 44.6 Å². The van der Waals surface area contributed by atoms with Crippen LogP contribution in [0.25, 0.3) is 28.4 Å². The molecule has 4 rings (SSSR count). The largest absolute Gasteiger partial charge is 0.508 e. The van der Waals surface area contributed by atoms with Crippen LogP contribution in [-0.4, -0.2) is 36.6 Å². The number of esters is 1. The van der Waals surface area contributed by atoms with Gasteiger partial charge < -0.3 is 39.8 Å². The summed E-state index contributed by atoms with van der Waals surface area (Å²) in [4.78, 5) is 25.6. The lowest BCUT2D eigenvalue weighted by atomic mass is 10.1. The number of carbonyl (C=O) groups excluding carboxylic acids is 1. The van der Waals surface area contributed by atoms with E-state index in [4.69, 9.17) is 9.15 Å². The molecule has 0 aliphatic rings. The number of phenolic OH excluding ortho intramolecular Hbond substituents is 6. The smallest absolute Gasteiger partial charge is 0.336 e. The number of fused-ring (bicyclic) bond motifs is 1. The molecule has 0 aliphatic carbocycles. The molecule has 34 heavy (non-hydrogen) atoms. The molecule has 1 aromatic heterocycles. The molecule has 0 atom stereocenters. The maximum Gasteiger partial charge on any atom is 0.336 e. The topological polar surface area (TPSA) is 178 Å². The highest BCUT2D eigenvalue weighted by Crippen LogP contribution is 2.38. The molecular formula is C24H16O10. The van der Waals surface area contributed by atoms with Crippen LogP contribution in [0.5, 0.6) is 40.2 Å². The van der Waals surface area contributed by atoms with E-state index in [1.165, 1.54) is 30.3 Å². The van der Waals surface area contributed by atoms with Gasteiger partial charge in [-0.2, -0.15) is 0 Å². The Hall–Kier alpha value is -5.12. The van der Waals surface area contributed by atoms with Gasteiger partial charge in [-0.3, -0.25) is 4.79 Å². The summed E-state index contributed by atoms with van der Waals surface area (Å²) in [6.45, 7) is 0. The minimum Gasteiger partial charge on any atom is -0.508 e. The molecule has 10 nitrogen and oxygen atoms in total. The third-order valence-corrected chi connectivity index (χ3v) is 4.77. The molecule has 3 aromatic carbocycles. The molecule has 172 valence electrons. The van der Waals surface area contributed by atoms with Crippen molar-refractivity contribution in [1.29, 1.82) is 0 Å². The lowest BCUT2D eigenvalue weighted by molar-refractivity contribution is -0.129. The molecule has 0 saturated carbocycles. The van der Waals surface area contributed by atoms with Crippen LogP contribution < -0.4 is 10.2 Å². The van der Waals surface area contributed by atoms with Gasteiger partial charge in [0.2, 0.25) is 11.2 Å². The van der Waals surface area contributed by atoms with Gasteiger partial charge in [0.15, 0.2) is 28.8 Å². The third-order valence-electron chi connectivity index (χ3n) is 4.77. The molecule has 0 fully saturated rings. The highest BCUT2D eigenvalue weighted by molar-refractivity contribution is 5.92. The van der Waals surface area contributed by atoms with Crippen molar-refractivity contribution in [3.8, 4) is 51.6 Å². The summed E-state index contributed by atoms with van der Waals surface area (Å²) >= 11 is 0. The van der Waals surface area contributed by atoms with Crippen LogP contribution in [0.1, 0.15) is 5.56 Å². The molecular weight excluding hydrogens is 448 g/mol. The first-order chi connectivity index (χ1) is 16.1. The van der Waals surface area contributed by atoms with Crippen molar-refractivity contribution in [2.24, 2.45) is 0 Å². The number of rotatable bonds is 4. The van der Waals surface area contributed by atoms with Gasteiger partial charge in [-0.25, -0.2) is 4.79 Å². The fraction of sp³-hybridized carbons (Fsp3) is 0. The molecule has 0 bridgehead atoms. The van der Waals surface area contributed by atoms with Crippen molar-refractivity contribution in [2.75, 3.05) is 0 Å². The molecule has 0 unspecified atom stereocenters. The maximum absolute atomic E-state index is 13.1. The number of aromatic hydroxyl groups is 6. The molecule has 10 heteroatoms. The number of carbonyl (C=O) groups is 1. The Labute approximate surface area is 190 Å². The van der Waals surface area contributed by atoms with Gasteiger partial charge in [-0.15, -0.1) is 0 Å². The maximum atomic E-state index is 13.1. The summed E-state index contributed by atoms with van der Waals surface area (Å²) < 4.78 is 10.8. The zero-order valence-electron chi connectivity index (χ0n) is 17.1. The third kappa shape index (κ3) is 4.15. The Morgan fingerprint density at radius 3 is 2.15 bits per heavy atom. The summed E-state index contributed by atoms with van der Waals surface area (Å²) in [6.07, 6.45) is 2.20. The highest BCUT2D eigenvalue weighted by Gasteiger charge is 2.23. The fourth-order valence-electron chi connectivity index (χ4n) is 3.16. The number of benzene rings is 3. The van der Waals surface area contributed by atoms with E-state index >= 15 is 0 Å². The van der Waals surface area contributed by atoms with Crippen LogP contribution in [0.15, 0.2) is 63.8 Å². The van der Waals surface area contributed by atoms with Crippen molar-refractivity contribution in [3.05, 3.63) is 70.4 Å². The van der Waals surface area contributed by atoms with Crippen molar-refractivity contribution >= 4 is 23.0 Å². The Kier molecular flexibility index (Phi) is 5.48. The van der Waals surface area contributed by atoms with E-state index in [1.807, 2.05) is 0 Å². The van der Waals surface area contributed by atoms with Gasteiger partial charge in [0.1, 0.15) is 22.5 Å². The Morgan fingerprint density at radius 1 is 0.794 bits per heavy atom. The molecule has 0 aliphatic heterocycles. The lowest BCUT2D eigenvalue weighted by Crippen LogP contribution is -2.14. The standard InChI is InChI=1S/C24H16O10/c25-13-9-18(30)21-19(10-13)33-23(12-3-5-15(27)17(29)8-12)24(22(21)32)34-20(31)6-2-11-1-4-14(26)16(28)7-11/h1-10,25-30H/b6-2+. The average molecular weight is 464 g/mol.